The second-order valence-electron chi connectivity index (χ2n) is 6.24. The summed E-state index contributed by atoms with van der Waals surface area (Å²) < 4.78 is 15.0. The van der Waals surface area contributed by atoms with Crippen LogP contribution in [-0.4, -0.2) is 19.7 Å². The Morgan fingerprint density at radius 3 is 2.68 bits per heavy atom. The van der Waals surface area contributed by atoms with Gasteiger partial charge in [-0.15, -0.1) is 21.5 Å². The Bertz CT molecular complexity index is 1090. The molecule has 0 spiro atoms. The van der Waals surface area contributed by atoms with Crippen LogP contribution in [0, 0.1) is 12.7 Å². The third-order valence-electron chi connectivity index (χ3n) is 4.22. The van der Waals surface area contributed by atoms with Gasteiger partial charge in [0.25, 0.3) is 0 Å². The summed E-state index contributed by atoms with van der Waals surface area (Å²) in [6.07, 6.45) is 0. The van der Waals surface area contributed by atoms with E-state index in [1.807, 2.05) is 35.2 Å². The Hall–Kier alpha value is -2.71. The molecule has 5 nitrogen and oxygen atoms in total. The van der Waals surface area contributed by atoms with E-state index in [-0.39, 0.29) is 5.82 Å². The molecule has 0 aliphatic heterocycles. The molecule has 0 amide bonds. The van der Waals surface area contributed by atoms with Crippen molar-refractivity contribution in [2.45, 2.75) is 17.8 Å². The summed E-state index contributed by atoms with van der Waals surface area (Å²) in [7, 11) is 1.91. The van der Waals surface area contributed by atoms with Crippen molar-refractivity contribution in [3.63, 3.8) is 0 Å². The normalized spacial score (nSPS) is 11.0. The Morgan fingerprint density at radius 1 is 1.11 bits per heavy atom. The second kappa shape index (κ2) is 8.12. The van der Waals surface area contributed by atoms with Crippen LogP contribution in [0.5, 0.6) is 0 Å². The highest BCUT2D eigenvalue weighted by molar-refractivity contribution is 7.98. The molecule has 1 N–H and O–H groups in total. The summed E-state index contributed by atoms with van der Waals surface area (Å²) >= 11 is 3.16. The first-order valence-corrected chi connectivity index (χ1v) is 10.5. The van der Waals surface area contributed by atoms with Crippen molar-refractivity contribution in [2.75, 3.05) is 5.32 Å². The van der Waals surface area contributed by atoms with Crippen molar-refractivity contribution < 1.29 is 4.39 Å². The van der Waals surface area contributed by atoms with Crippen molar-refractivity contribution in [3.05, 3.63) is 71.0 Å². The molecular weight excluding hydrogens is 393 g/mol. The van der Waals surface area contributed by atoms with Gasteiger partial charge in [0.1, 0.15) is 5.82 Å². The van der Waals surface area contributed by atoms with Gasteiger partial charge in [-0.2, -0.15) is 0 Å². The lowest BCUT2D eigenvalue weighted by Gasteiger charge is -2.05. The first kappa shape index (κ1) is 18.6. The van der Waals surface area contributed by atoms with Crippen LogP contribution in [0.2, 0.25) is 0 Å². The van der Waals surface area contributed by atoms with E-state index in [1.54, 1.807) is 35.2 Å². The van der Waals surface area contributed by atoms with Gasteiger partial charge in [0, 0.05) is 29.4 Å². The molecule has 2 aromatic carbocycles. The van der Waals surface area contributed by atoms with Crippen LogP contribution in [0.1, 0.15) is 11.3 Å². The van der Waals surface area contributed by atoms with Crippen LogP contribution >= 0.6 is 23.1 Å². The number of nitrogens with zero attached hydrogens (tertiary/aromatic N) is 4. The maximum absolute atomic E-state index is 13.1. The molecule has 2 aromatic heterocycles. The van der Waals surface area contributed by atoms with Gasteiger partial charge in [0.15, 0.2) is 16.1 Å². The van der Waals surface area contributed by atoms with Crippen LogP contribution in [0.25, 0.3) is 11.4 Å². The van der Waals surface area contributed by atoms with E-state index in [2.05, 4.69) is 33.5 Å². The lowest BCUT2D eigenvalue weighted by atomic mass is 10.2. The van der Waals surface area contributed by atoms with Gasteiger partial charge < -0.3 is 9.88 Å². The van der Waals surface area contributed by atoms with E-state index in [0.29, 0.717) is 11.6 Å². The van der Waals surface area contributed by atoms with E-state index in [0.717, 1.165) is 27.2 Å². The number of halogens is 1. The largest absolute Gasteiger partial charge is 0.331 e. The molecule has 0 aliphatic rings. The molecule has 28 heavy (non-hydrogen) atoms. The molecule has 4 rings (SSSR count). The van der Waals surface area contributed by atoms with Gasteiger partial charge in [-0.3, -0.25) is 0 Å². The average Bonchev–Trinajstić information content (AvgIpc) is 3.29. The number of aryl methyl sites for hydroxylation is 1. The summed E-state index contributed by atoms with van der Waals surface area (Å²) in [4.78, 5) is 4.65. The van der Waals surface area contributed by atoms with Gasteiger partial charge in [0.05, 0.1) is 5.69 Å². The van der Waals surface area contributed by atoms with E-state index >= 15 is 0 Å². The lowest BCUT2D eigenvalue weighted by molar-refractivity contribution is 0.628. The molecule has 0 fully saturated rings. The van der Waals surface area contributed by atoms with Crippen LogP contribution in [-0.2, 0) is 12.8 Å². The van der Waals surface area contributed by atoms with Gasteiger partial charge in [0.2, 0.25) is 0 Å². The molecule has 0 atom stereocenters. The molecule has 142 valence electrons. The molecule has 4 aromatic rings. The number of hydrogen-bond donors (Lipinski definition) is 1. The van der Waals surface area contributed by atoms with E-state index in [4.69, 9.17) is 0 Å². The number of thiazole rings is 1. The number of hydrogen-bond acceptors (Lipinski definition) is 6. The molecular formula is C20H18FN5S2. The number of rotatable bonds is 6. The molecule has 0 saturated carbocycles. The van der Waals surface area contributed by atoms with Gasteiger partial charge in [-0.05, 0) is 42.8 Å². The second-order valence-corrected chi connectivity index (χ2v) is 8.05. The van der Waals surface area contributed by atoms with Crippen LogP contribution in [0.3, 0.4) is 0 Å². The number of para-hydroxylation sites is 1. The monoisotopic (exact) mass is 411 g/mol. The summed E-state index contributed by atoms with van der Waals surface area (Å²) in [6, 6.07) is 14.4. The minimum absolute atomic E-state index is 0.265. The Kier molecular flexibility index (Phi) is 5.40. The maximum Gasteiger partial charge on any atom is 0.191 e. The smallest absolute Gasteiger partial charge is 0.191 e. The third kappa shape index (κ3) is 4.07. The topological polar surface area (TPSA) is 55.6 Å². The number of nitrogens with one attached hydrogen (secondary N) is 1. The highest BCUT2D eigenvalue weighted by atomic mass is 32.2. The molecule has 0 saturated heterocycles. The highest BCUT2D eigenvalue weighted by Gasteiger charge is 2.12. The molecule has 0 unspecified atom stereocenters. The predicted molar refractivity (Wildman–Crippen MR) is 113 cm³/mol. The molecule has 8 heteroatoms. The zero-order valence-corrected chi connectivity index (χ0v) is 17.0. The van der Waals surface area contributed by atoms with Gasteiger partial charge in [-0.1, -0.05) is 30.0 Å². The molecule has 0 bridgehead atoms. The van der Waals surface area contributed by atoms with Crippen molar-refractivity contribution in [1.29, 1.82) is 0 Å². The quantitative estimate of drug-likeness (QED) is 0.429. The summed E-state index contributed by atoms with van der Waals surface area (Å²) in [6.45, 7) is 2.07. The van der Waals surface area contributed by atoms with E-state index in [9.17, 15) is 4.39 Å². The average molecular weight is 412 g/mol. The third-order valence-corrected chi connectivity index (χ3v) is 6.09. The Balaban J connectivity index is 1.42. The molecule has 2 heterocycles. The van der Waals surface area contributed by atoms with Crippen LogP contribution in [0.15, 0.2) is 59.1 Å². The number of benzene rings is 2. The number of thioether (sulfide) groups is 1. The van der Waals surface area contributed by atoms with Crippen molar-refractivity contribution in [2.24, 2.45) is 7.05 Å². The van der Waals surface area contributed by atoms with Crippen molar-refractivity contribution in [1.82, 2.24) is 19.7 Å². The standard InChI is InChI=1S/C20H18FN5S2/c1-13-5-3-4-6-17(13)23-19-22-16(11-27-19)12-28-20-25-24-18(26(20)2)14-7-9-15(21)10-8-14/h3-11H,12H2,1-2H3,(H,22,23). The van der Waals surface area contributed by atoms with Gasteiger partial charge in [-0.25, -0.2) is 9.37 Å². The fraction of sp³-hybridized carbons (Fsp3) is 0.150. The summed E-state index contributed by atoms with van der Waals surface area (Å²) in [5, 5.41) is 15.6. The Labute approximate surface area is 170 Å². The molecule has 0 aliphatic carbocycles. The summed E-state index contributed by atoms with van der Waals surface area (Å²) in [5.74, 6) is 1.14. The van der Waals surface area contributed by atoms with Crippen LogP contribution < -0.4 is 5.32 Å². The van der Waals surface area contributed by atoms with Crippen LogP contribution in [0.4, 0.5) is 15.2 Å². The SMILES string of the molecule is Cc1ccccc1Nc1nc(CSc2nnc(-c3ccc(F)cc3)n2C)cs1. The van der Waals surface area contributed by atoms with Gasteiger partial charge >= 0.3 is 0 Å². The number of aromatic nitrogens is 4. The first-order valence-electron chi connectivity index (χ1n) is 8.65. The minimum Gasteiger partial charge on any atom is -0.331 e. The highest BCUT2D eigenvalue weighted by Crippen LogP contribution is 2.28. The zero-order chi connectivity index (χ0) is 19.5. The first-order chi connectivity index (χ1) is 13.6. The zero-order valence-electron chi connectivity index (χ0n) is 15.4. The number of anilines is 2. The van der Waals surface area contributed by atoms with E-state index in [1.165, 1.54) is 17.7 Å². The predicted octanol–water partition coefficient (Wildman–Crippen LogP) is 5.42. The van der Waals surface area contributed by atoms with Crippen molar-refractivity contribution >= 4 is 33.9 Å². The fourth-order valence-electron chi connectivity index (χ4n) is 2.69. The summed E-state index contributed by atoms with van der Waals surface area (Å²) in [5.41, 5.74) is 4.06. The molecule has 0 radical (unpaired) electrons. The minimum atomic E-state index is -0.265. The van der Waals surface area contributed by atoms with Crippen molar-refractivity contribution in [3.8, 4) is 11.4 Å². The van der Waals surface area contributed by atoms with E-state index < -0.39 is 0 Å². The fourth-order valence-corrected chi connectivity index (χ4v) is 4.32. The lowest BCUT2D eigenvalue weighted by Crippen LogP contribution is -1.95. The Morgan fingerprint density at radius 2 is 1.89 bits per heavy atom. The maximum atomic E-state index is 13.1.